The molecule has 14 heavy (non-hydrogen) atoms. The highest BCUT2D eigenvalue weighted by Gasteiger charge is 2.14. The fourth-order valence-corrected chi connectivity index (χ4v) is 1.33. The van der Waals surface area contributed by atoms with Gasteiger partial charge < -0.3 is 4.74 Å². The van der Waals surface area contributed by atoms with Gasteiger partial charge in [0, 0.05) is 4.90 Å². The summed E-state index contributed by atoms with van der Waals surface area (Å²) in [5.41, 5.74) is 1.38. The Balaban J connectivity index is 3.40. The van der Waals surface area contributed by atoms with Crippen LogP contribution in [-0.2, 0) is 4.74 Å². The molecule has 1 aromatic rings. The molecule has 3 nitrogen and oxygen atoms in total. The Kier molecular flexibility index (Phi) is 3.15. The minimum absolute atomic E-state index is 0.255. The van der Waals surface area contributed by atoms with Crippen LogP contribution in [-0.4, -0.2) is 13.1 Å². The number of rotatable bonds is 1. The molecule has 0 fully saturated rings. The second-order valence-corrected chi connectivity index (χ2v) is 3.20. The summed E-state index contributed by atoms with van der Waals surface area (Å²) in [4.78, 5) is 11.8. The van der Waals surface area contributed by atoms with Crippen molar-refractivity contribution in [3.8, 4) is 6.07 Å². The Morgan fingerprint density at radius 2 is 2.21 bits per heavy atom. The molecule has 0 spiro atoms. The molecule has 72 valence electrons. The van der Waals surface area contributed by atoms with E-state index in [9.17, 15) is 4.79 Å². The first-order valence-corrected chi connectivity index (χ1v) is 4.37. The van der Waals surface area contributed by atoms with Crippen LogP contribution in [0.5, 0.6) is 0 Å². The van der Waals surface area contributed by atoms with Crippen molar-refractivity contribution in [1.29, 1.82) is 5.26 Å². The normalized spacial score (nSPS) is 9.29. The number of nitrogens with zero attached hydrogens (tertiary/aromatic N) is 1. The summed E-state index contributed by atoms with van der Waals surface area (Å²) in [6.45, 7) is 1.82. The average Bonchev–Trinajstić information content (AvgIpc) is 2.20. The van der Waals surface area contributed by atoms with Crippen LogP contribution in [0.3, 0.4) is 0 Å². The van der Waals surface area contributed by atoms with Gasteiger partial charge >= 0.3 is 5.97 Å². The minimum Gasteiger partial charge on any atom is -0.465 e. The van der Waals surface area contributed by atoms with Crippen LogP contribution in [0.25, 0.3) is 0 Å². The summed E-state index contributed by atoms with van der Waals surface area (Å²) in [5.74, 6) is -0.517. The maximum absolute atomic E-state index is 11.2. The van der Waals surface area contributed by atoms with Crippen LogP contribution >= 0.6 is 12.6 Å². The maximum Gasteiger partial charge on any atom is 0.339 e. The number of thiol groups is 1. The first-order valence-electron chi connectivity index (χ1n) is 3.92. The van der Waals surface area contributed by atoms with E-state index in [0.717, 1.165) is 5.56 Å². The summed E-state index contributed by atoms with van der Waals surface area (Å²) in [5, 5.41) is 8.86. The van der Waals surface area contributed by atoms with Gasteiger partial charge in [0.25, 0.3) is 0 Å². The zero-order valence-electron chi connectivity index (χ0n) is 7.87. The quantitative estimate of drug-likeness (QED) is 0.565. The fraction of sp³-hybridized carbons (Fsp3) is 0.200. The Hall–Kier alpha value is -1.47. The van der Waals surface area contributed by atoms with Gasteiger partial charge in [0.05, 0.1) is 18.2 Å². The van der Waals surface area contributed by atoms with E-state index < -0.39 is 5.97 Å². The van der Waals surface area contributed by atoms with E-state index in [4.69, 9.17) is 5.26 Å². The molecule has 0 unspecified atom stereocenters. The van der Waals surface area contributed by atoms with E-state index in [1.165, 1.54) is 7.11 Å². The summed E-state index contributed by atoms with van der Waals surface area (Å²) < 4.78 is 4.55. The number of benzene rings is 1. The van der Waals surface area contributed by atoms with Gasteiger partial charge in [-0.1, -0.05) is 6.07 Å². The number of aryl methyl sites for hydroxylation is 1. The third-order valence-corrected chi connectivity index (χ3v) is 2.47. The van der Waals surface area contributed by atoms with Gasteiger partial charge in [-0.15, -0.1) is 12.6 Å². The minimum atomic E-state index is -0.517. The van der Waals surface area contributed by atoms with Crippen molar-refractivity contribution in [1.82, 2.24) is 0 Å². The molecule has 4 heteroatoms. The van der Waals surface area contributed by atoms with Gasteiger partial charge in [-0.2, -0.15) is 5.26 Å². The first-order chi connectivity index (χ1) is 6.61. The van der Waals surface area contributed by atoms with Crippen molar-refractivity contribution in [2.75, 3.05) is 7.11 Å². The molecule has 0 aromatic heterocycles. The summed E-state index contributed by atoms with van der Waals surface area (Å²) in [6, 6.07) is 5.24. The van der Waals surface area contributed by atoms with E-state index in [1.54, 1.807) is 12.1 Å². The van der Waals surface area contributed by atoms with Gasteiger partial charge in [0.1, 0.15) is 6.07 Å². The molecule has 0 saturated heterocycles. The lowest BCUT2D eigenvalue weighted by molar-refractivity contribution is 0.0600. The van der Waals surface area contributed by atoms with Crippen LogP contribution in [0.2, 0.25) is 0 Å². The topological polar surface area (TPSA) is 50.1 Å². The van der Waals surface area contributed by atoms with Crippen molar-refractivity contribution in [2.24, 2.45) is 0 Å². The number of carbonyl (C=O) groups excluding carboxylic acids is 1. The summed E-state index contributed by atoms with van der Waals surface area (Å²) in [7, 11) is 1.28. The van der Waals surface area contributed by atoms with Crippen LogP contribution in [0.15, 0.2) is 17.0 Å². The monoisotopic (exact) mass is 207 g/mol. The van der Waals surface area contributed by atoms with Crippen LogP contribution in [0.1, 0.15) is 21.5 Å². The van der Waals surface area contributed by atoms with Crippen molar-refractivity contribution in [2.45, 2.75) is 11.8 Å². The molecule has 0 saturated carbocycles. The van der Waals surface area contributed by atoms with E-state index in [2.05, 4.69) is 17.4 Å². The van der Waals surface area contributed by atoms with Gasteiger partial charge in [0.15, 0.2) is 0 Å². The third kappa shape index (κ3) is 1.73. The number of methoxy groups -OCH3 is 1. The number of carbonyl (C=O) groups is 1. The molecule has 0 atom stereocenters. The zero-order valence-corrected chi connectivity index (χ0v) is 8.76. The van der Waals surface area contributed by atoms with Gasteiger partial charge in [-0.3, -0.25) is 0 Å². The molecule has 0 aliphatic heterocycles. The van der Waals surface area contributed by atoms with Crippen molar-refractivity contribution in [3.63, 3.8) is 0 Å². The Morgan fingerprint density at radius 1 is 1.57 bits per heavy atom. The molecule has 0 N–H and O–H groups in total. The Morgan fingerprint density at radius 3 is 2.71 bits per heavy atom. The smallest absolute Gasteiger partial charge is 0.339 e. The highest BCUT2D eigenvalue weighted by Crippen LogP contribution is 2.22. The first kappa shape index (κ1) is 10.6. The van der Waals surface area contributed by atoms with Crippen LogP contribution in [0, 0.1) is 18.3 Å². The van der Waals surface area contributed by atoms with Gasteiger partial charge in [-0.05, 0) is 18.6 Å². The Bertz CT molecular complexity index is 421. The third-order valence-electron chi connectivity index (χ3n) is 1.90. The molecule has 0 radical (unpaired) electrons. The van der Waals surface area contributed by atoms with Crippen molar-refractivity contribution in [3.05, 3.63) is 28.8 Å². The standard InChI is InChI=1S/C10H9NO2S/c1-6-3-4-7(10(12)13-2)8(5-11)9(6)14/h3-4,14H,1-2H3. The van der Waals surface area contributed by atoms with Crippen LogP contribution < -0.4 is 0 Å². The number of hydrogen-bond donors (Lipinski definition) is 1. The van der Waals surface area contributed by atoms with Gasteiger partial charge in [-0.25, -0.2) is 4.79 Å². The molecular formula is C10H9NO2S. The van der Waals surface area contributed by atoms with Crippen LogP contribution in [0.4, 0.5) is 0 Å². The molecule has 0 amide bonds. The summed E-state index contributed by atoms with van der Waals surface area (Å²) in [6.07, 6.45) is 0. The molecular weight excluding hydrogens is 198 g/mol. The number of esters is 1. The van der Waals surface area contributed by atoms with Gasteiger partial charge in [0.2, 0.25) is 0 Å². The molecule has 0 bridgehead atoms. The molecule has 1 rings (SSSR count). The Labute approximate surface area is 87.7 Å². The van der Waals surface area contributed by atoms with E-state index in [1.807, 2.05) is 13.0 Å². The SMILES string of the molecule is COC(=O)c1ccc(C)c(S)c1C#N. The highest BCUT2D eigenvalue weighted by molar-refractivity contribution is 7.80. The van der Waals surface area contributed by atoms with Crippen molar-refractivity contribution < 1.29 is 9.53 Å². The van der Waals surface area contributed by atoms with Crippen molar-refractivity contribution >= 4 is 18.6 Å². The predicted molar refractivity (Wildman–Crippen MR) is 54.5 cm³/mol. The molecule has 0 aliphatic rings. The summed E-state index contributed by atoms with van der Waals surface area (Å²) >= 11 is 4.16. The number of hydrogen-bond acceptors (Lipinski definition) is 4. The van der Waals surface area contributed by atoms with E-state index in [0.29, 0.717) is 4.90 Å². The lowest BCUT2D eigenvalue weighted by Gasteiger charge is -2.06. The second kappa shape index (κ2) is 4.16. The lowest BCUT2D eigenvalue weighted by atomic mass is 10.1. The zero-order chi connectivity index (χ0) is 10.7. The van der Waals surface area contributed by atoms with E-state index in [-0.39, 0.29) is 11.1 Å². The maximum atomic E-state index is 11.2. The average molecular weight is 207 g/mol. The lowest BCUT2D eigenvalue weighted by Crippen LogP contribution is -2.05. The predicted octanol–water partition coefficient (Wildman–Crippen LogP) is 1.94. The highest BCUT2D eigenvalue weighted by atomic mass is 32.1. The molecule has 0 heterocycles. The largest absolute Gasteiger partial charge is 0.465 e. The molecule has 1 aromatic carbocycles. The second-order valence-electron chi connectivity index (χ2n) is 2.76. The number of ether oxygens (including phenoxy) is 1. The molecule has 0 aliphatic carbocycles. The number of nitriles is 1. The van der Waals surface area contributed by atoms with E-state index >= 15 is 0 Å². The fourth-order valence-electron chi connectivity index (χ4n) is 1.09.